The zero-order chi connectivity index (χ0) is 12.5. The topological polar surface area (TPSA) is 15.3 Å². The molecule has 1 fully saturated rings. The molecule has 1 aliphatic heterocycles. The van der Waals surface area contributed by atoms with Crippen molar-refractivity contribution in [3.63, 3.8) is 0 Å². The lowest BCUT2D eigenvalue weighted by Gasteiger charge is -2.44. The summed E-state index contributed by atoms with van der Waals surface area (Å²) in [6.45, 7) is 6.62. The van der Waals surface area contributed by atoms with Crippen molar-refractivity contribution in [2.45, 2.75) is 26.3 Å². The van der Waals surface area contributed by atoms with Gasteiger partial charge in [-0.1, -0.05) is 13.8 Å². The Hall–Kier alpha value is -1.09. The Balaban J connectivity index is 2.12. The minimum Gasteiger partial charge on any atom is -0.370 e. The van der Waals surface area contributed by atoms with Crippen LogP contribution >= 0.6 is 0 Å². The number of nitrogens with one attached hydrogen (secondary N) is 1. The second-order valence-corrected chi connectivity index (χ2v) is 5.50. The highest BCUT2D eigenvalue weighted by Crippen LogP contribution is 2.32. The highest BCUT2D eigenvalue weighted by atomic mass is 19.1. The molecular weight excluding hydrogens is 215 g/mol. The molecule has 1 unspecified atom stereocenters. The van der Waals surface area contributed by atoms with Crippen molar-refractivity contribution >= 4 is 5.69 Å². The van der Waals surface area contributed by atoms with Gasteiger partial charge in [-0.2, -0.15) is 0 Å². The van der Waals surface area contributed by atoms with Gasteiger partial charge < -0.3 is 10.2 Å². The first-order valence-corrected chi connectivity index (χ1v) is 6.21. The first-order valence-electron chi connectivity index (χ1n) is 6.21. The molecule has 2 rings (SSSR count). The Morgan fingerprint density at radius 1 is 1.29 bits per heavy atom. The number of hydrogen-bond acceptors (Lipinski definition) is 2. The lowest BCUT2D eigenvalue weighted by molar-refractivity contribution is 0.208. The zero-order valence-electron chi connectivity index (χ0n) is 10.8. The molecule has 0 amide bonds. The molecule has 0 spiro atoms. The lowest BCUT2D eigenvalue weighted by Crippen LogP contribution is -2.54. The Morgan fingerprint density at radius 3 is 2.53 bits per heavy atom. The van der Waals surface area contributed by atoms with Gasteiger partial charge in [0.25, 0.3) is 0 Å². The number of hydrogen-bond donors (Lipinski definition) is 1. The van der Waals surface area contributed by atoms with Gasteiger partial charge in [0.1, 0.15) is 5.82 Å². The molecule has 1 atom stereocenters. The van der Waals surface area contributed by atoms with Crippen LogP contribution in [0.1, 0.15) is 20.3 Å². The molecule has 0 bridgehead atoms. The van der Waals surface area contributed by atoms with Gasteiger partial charge >= 0.3 is 0 Å². The van der Waals surface area contributed by atoms with Gasteiger partial charge in [-0.05, 0) is 43.1 Å². The van der Waals surface area contributed by atoms with Gasteiger partial charge in [-0.3, -0.25) is 0 Å². The van der Waals surface area contributed by atoms with E-state index in [0.29, 0.717) is 11.5 Å². The molecule has 0 radical (unpaired) electrons. The summed E-state index contributed by atoms with van der Waals surface area (Å²) in [7, 11) is 2.01. The smallest absolute Gasteiger partial charge is 0.123 e. The summed E-state index contributed by atoms with van der Waals surface area (Å²) in [6, 6.07) is 7.26. The van der Waals surface area contributed by atoms with E-state index in [1.165, 1.54) is 12.1 Å². The van der Waals surface area contributed by atoms with Crippen molar-refractivity contribution in [1.82, 2.24) is 5.32 Å². The summed E-state index contributed by atoms with van der Waals surface area (Å²) in [5.74, 6) is -0.170. The number of anilines is 1. The van der Waals surface area contributed by atoms with Crippen LogP contribution in [0.15, 0.2) is 24.3 Å². The van der Waals surface area contributed by atoms with Crippen LogP contribution < -0.4 is 10.2 Å². The normalized spacial score (nSPS) is 23.8. The van der Waals surface area contributed by atoms with E-state index in [4.69, 9.17) is 0 Å². The molecule has 0 aliphatic carbocycles. The van der Waals surface area contributed by atoms with E-state index in [-0.39, 0.29) is 5.82 Å². The molecule has 1 aliphatic rings. The molecule has 0 aromatic heterocycles. The summed E-state index contributed by atoms with van der Waals surface area (Å²) in [4.78, 5) is 2.33. The fourth-order valence-electron chi connectivity index (χ4n) is 2.52. The maximum absolute atomic E-state index is 12.9. The fourth-order valence-corrected chi connectivity index (χ4v) is 2.52. The first kappa shape index (κ1) is 12.4. The van der Waals surface area contributed by atoms with Gasteiger partial charge in [-0.25, -0.2) is 4.39 Å². The third kappa shape index (κ3) is 2.60. The first-order chi connectivity index (χ1) is 8.03. The van der Waals surface area contributed by atoms with E-state index in [1.54, 1.807) is 0 Å². The van der Waals surface area contributed by atoms with Gasteiger partial charge in [-0.15, -0.1) is 0 Å². The molecule has 1 heterocycles. The van der Waals surface area contributed by atoms with Crippen molar-refractivity contribution in [3.8, 4) is 0 Å². The Morgan fingerprint density at radius 2 is 1.94 bits per heavy atom. The summed E-state index contributed by atoms with van der Waals surface area (Å²) < 4.78 is 12.9. The number of halogens is 1. The molecule has 0 saturated carbocycles. The van der Waals surface area contributed by atoms with E-state index >= 15 is 0 Å². The minimum atomic E-state index is -0.170. The molecule has 17 heavy (non-hydrogen) atoms. The van der Waals surface area contributed by atoms with Crippen molar-refractivity contribution in [2.75, 3.05) is 25.0 Å². The molecule has 94 valence electrons. The average Bonchev–Trinajstić information content (AvgIpc) is 2.30. The SMILES string of the molecule is CNC1CN(c2ccc(F)cc2)CCC1(C)C. The lowest BCUT2D eigenvalue weighted by atomic mass is 9.78. The largest absolute Gasteiger partial charge is 0.370 e. The number of piperidine rings is 1. The molecular formula is C14H21FN2. The quantitative estimate of drug-likeness (QED) is 0.849. The second kappa shape index (κ2) is 4.65. The molecule has 1 aromatic carbocycles. The van der Waals surface area contributed by atoms with Crippen LogP contribution in [0.4, 0.5) is 10.1 Å². The third-order valence-electron chi connectivity index (χ3n) is 3.91. The number of likely N-dealkylation sites (N-methyl/N-ethyl adjacent to an activating group) is 1. The third-order valence-corrected chi connectivity index (χ3v) is 3.91. The van der Waals surface area contributed by atoms with Gasteiger partial charge in [0.2, 0.25) is 0 Å². The van der Waals surface area contributed by atoms with E-state index in [1.807, 2.05) is 19.2 Å². The summed E-state index contributed by atoms with van der Waals surface area (Å²) in [5.41, 5.74) is 1.44. The molecule has 2 nitrogen and oxygen atoms in total. The van der Waals surface area contributed by atoms with Crippen molar-refractivity contribution < 1.29 is 4.39 Å². The summed E-state index contributed by atoms with van der Waals surface area (Å²) in [5, 5.41) is 3.39. The monoisotopic (exact) mass is 236 g/mol. The highest BCUT2D eigenvalue weighted by Gasteiger charge is 2.34. The van der Waals surface area contributed by atoms with Gasteiger partial charge in [0, 0.05) is 24.8 Å². The summed E-state index contributed by atoms with van der Waals surface area (Å²) in [6.07, 6.45) is 1.15. The van der Waals surface area contributed by atoms with E-state index in [9.17, 15) is 4.39 Å². The number of benzene rings is 1. The highest BCUT2D eigenvalue weighted by molar-refractivity contribution is 5.47. The van der Waals surface area contributed by atoms with Gasteiger partial charge in [0.05, 0.1) is 0 Å². The van der Waals surface area contributed by atoms with Crippen molar-refractivity contribution in [2.24, 2.45) is 5.41 Å². The van der Waals surface area contributed by atoms with Crippen molar-refractivity contribution in [3.05, 3.63) is 30.1 Å². The summed E-state index contributed by atoms with van der Waals surface area (Å²) >= 11 is 0. The number of nitrogens with zero attached hydrogens (tertiary/aromatic N) is 1. The fraction of sp³-hybridized carbons (Fsp3) is 0.571. The molecule has 1 aromatic rings. The van der Waals surface area contributed by atoms with E-state index in [2.05, 4.69) is 24.1 Å². The maximum atomic E-state index is 12.9. The van der Waals surface area contributed by atoms with Crippen LogP contribution in [0.5, 0.6) is 0 Å². The van der Waals surface area contributed by atoms with Crippen molar-refractivity contribution in [1.29, 1.82) is 0 Å². The number of rotatable bonds is 2. The van der Waals surface area contributed by atoms with E-state index in [0.717, 1.165) is 25.2 Å². The Labute approximate surface area is 103 Å². The van der Waals surface area contributed by atoms with Crippen LogP contribution in [0.3, 0.4) is 0 Å². The van der Waals surface area contributed by atoms with Crippen LogP contribution in [0.25, 0.3) is 0 Å². The van der Waals surface area contributed by atoms with Crippen LogP contribution in [0, 0.1) is 11.2 Å². The predicted octanol–water partition coefficient (Wildman–Crippen LogP) is 2.65. The van der Waals surface area contributed by atoms with Crippen LogP contribution in [-0.4, -0.2) is 26.2 Å². The van der Waals surface area contributed by atoms with Gasteiger partial charge in [0.15, 0.2) is 0 Å². The standard InChI is InChI=1S/C14H21FN2/c1-14(2)8-9-17(10-13(14)16-3)12-6-4-11(15)5-7-12/h4-7,13,16H,8-10H2,1-3H3. The van der Waals surface area contributed by atoms with E-state index < -0.39 is 0 Å². The molecule has 1 N–H and O–H groups in total. The van der Waals surface area contributed by atoms with Crippen LogP contribution in [-0.2, 0) is 0 Å². The molecule has 1 saturated heterocycles. The zero-order valence-corrected chi connectivity index (χ0v) is 10.8. The average molecular weight is 236 g/mol. The maximum Gasteiger partial charge on any atom is 0.123 e. The predicted molar refractivity (Wildman–Crippen MR) is 69.9 cm³/mol. The second-order valence-electron chi connectivity index (χ2n) is 5.50. The molecule has 3 heteroatoms. The minimum absolute atomic E-state index is 0.170. The Kier molecular flexibility index (Phi) is 3.38. The Bertz CT molecular complexity index is 372. The van der Waals surface area contributed by atoms with Crippen LogP contribution in [0.2, 0.25) is 0 Å².